The largest absolute Gasteiger partial charge is 0.495 e. The van der Waals surface area contributed by atoms with Gasteiger partial charge in [0.25, 0.3) is 0 Å². The first-order chi connectivity index (χ1) is 9.35. The van der Waals surface area contributed by atoms with Gasteiger partial charge in [-0.2, -0.15) is 0 Å². The molecule has 0 aliphatic carbocycles. The molecule has 19 heavy (non-hydrogen) atoms. The van der Waals surface area contributed by atoms with E-state index in [4.69, 9.17) is 9.47 Å². The van der Waals surface area contributed by atoms with Gasteiger partial charge in [-0.25, -0.2) is 0 Å². The maximum Gasteiger partial charge on any atom is 0.142 e. The lowest BCUT2D eigenvalue weighted by Crippen LogP contribution is -1.98. The van der Waals surface area contributed by atoms with Crippen molar-refractivity contribution in [3.63, 3.8) is 0 Å². The fourth-order valence-electron chi connectivity index (χ4n) is 1.59. The number of hydrogen-bond donors (Lipinski definition) is 2. The Kier molecular flexibility index (Phi) is 4.80. The second kappa shape index (κ2) is 6.80. The summed E-state index contributed by atoms with van der Waals surface area (Å²) in [5, 5.41) is 0. The molecule has 0 spiro atoms. The minimum absolute atomic E-state index is 0.803. The van der Waals surface area contributed by atoms with Crippen molar-refractivity contribution < 1.29 is 9.47 Å². The highest BCUT2D eigenvalue weighted by Crippen LogP contribution is 2.29. The number of ether oxygens (including phenoxy) is 2. The lowest BCUT2D eigenvalue weighted by Gasteiger charge is -2.12. The average Bonchev–Trinajstić information content (AvgIpc) is 2.48. The van der Waals surface area contributed by atoms with Crippen LogP contribution in [0.5, 0.6) is 11.5 Å². The van der Waals surface area contributed by atoms with Gasteiger partial charge in [0.1, 0.15) is 11.5 Å². The molecule has 0 atom stereocenters. The van der Waals surface area contributed by atoms with Crippen molar-refractivity contribution in [1.82, 2.24) is 0 Å². The summed E-state index contributed by atoms with van der Waals surface area (Å²) >= 11 is 1.36. The number of hydrogen-bond acceptors (Lipinski definition) is 5. The van der Waals surface area contributed by atoms with Crippen LogP contribution in [0.15, 0.2) is 48.5 Å². The van der Waals surface area contributed by atoms with Gasteiger partial charge in [-0.3, -0.25) is 0 Å². The zero-order valence-corrected chi connectivity index (χ0v) is 11.7. The van der Waals surface area contributed by atoms with E-state index in [1.807, 2.05) is 48.5 Å². The second-order valence-corrected chi connectivity index (χ2v) is 4.32. The Morgan fingerprint density at radius 1 is 0.737 bits per heavy atom. The molecule has 100 valence electrons. The molecule has 0 radical (unpaired) electrons. The van der Waals surface area contributed by atoms with Crippen LogP contribution < -0.4 is 18.9 Å². The number of para-hydroxylation sites is 4. The highest BCUT2D eigenvalue weighted by molar-refractivity contribution is 8.01. The normalized spacial score (nSPS) is 9.79. The van der Waals surface area contributed by atoms with Gasteiger partial charge in [0.15, 0.2) is 0 Å². The lowest BCUT2D eigenvalue weighted by atomic mass is 10.3. The summed E-state index contributed by atoms with van der Waals surface area (Å²) in [5.41, 5.74) is 1.83. The van der Waals surface area contributed by atoms with E-state index in [9.17, 15) is 0 Å². The Morgan fingerprint density at radius 2 is 1.16 bits per heavy atom. The molecule has 5 heteroatoms. The summed E-state index contributed by atoms with van der Waals surface area (Å²) in [6, 6.07) is 15.5. The van der Waals surface area contributed by atoms with Crippen LogP contribution in [0.2, 0.25) is 0 Å². The number of rotatable bonds is 6. The van der Waals surface area contributed by atoms with E-state index in [-0.39, 0.29) is 0 Å². The average molecular weight is 276 g/mol. The van der Waals surface area contributed by atoms with Crippen LogP contribution in [0.1, 0.15) is 0 Å². The van der Waals surface area contributed by atoms with Crippen LogP contribution >= 0.6 is 12.1 Å². The van der Waals surface area contributed by atoms with Crippen molar-refractivity contribution in [3.8, 4) is 11.5 Å². The molecule has 0 heterocycles. The van der Waals surface area contributed by atoms with Crippen LogP contribution in [0.25, 0.3) is 0 Å². The van der Waals surface area contributed by atoms with Gasteiger partial charge in [-0.1, -0.05) is 24.3 Å². The molecule has 4 nitrogen and oxygen atoms in total. The Bertz CT molecular complexity index is 487. The van der Waals surface area contributed by atoms with E-state index in [0.717, 1.165) is 22.9 Å². The molecule has 2 aromatic carbocycles. The first kappa shape index (κ1) is 13.4. The molecular weight excluding hydrogens is 260 g/mol. The van der Waals surface area contributed by atoms with Gasteiger partial charge < -0.3 is 18.9 Å². The van der Waals surface area contributed by atoms with Crippen LogP contribution in [-0.4, -0.2) is 14.2 Å². The highest BCUT2D eigenvalue weighted by atomic mass is 32.2. The van der Waals surface area contributed by atoms with Gasteiger partial charge in [0, 0.05) is 0 Å². The van der Waals surface area contributed by atoms with Crippen LogP contribution in [0.3, 0.4) is 0 Å². The van der Waals surface area contributed by atoms with Crippen LogP contribution in [-0.2, 0) is 0 Å². The van der Waals surface area contributed by atoms with E-state index in [0.29, 0.717) is 0 Å². The van der Waals surface area contributed by atoms with E-state index in [2.05, 4.69) is 9.44 Å². The molecular formula is C14H16N2O2S. The molecule has 0 saturated heterocycles. The Hall–Kier alpha value is -2.01. The van der Waals surface area contributed by atoms with Crippen LogP contribution in [0, 0.1) is 0 Å². The topological polar surface area (TPSA) is 42.5 Å². The zero-order chi connectivity index (χ0) is 13.5. The molecule has 0 bridgehead atoms. The fourth-order valence-corrected chi connectivity index (χ4v) is 2.20. The Morgan fingerprint density at radius 3 is 1.58 bits per heavy atom. The van der Waals surface area contributed by atoms with E-state index in [1.54, 1.807) is 14.2 Å². The molecule has 2 N–H and O–H groups in total. The first-order valence-electron chi connectivity index (χ1n) is 5.79. The van der Waals surface area contributed by atoms with Gasteiger partial charge in [0.05, 0.1) is 37.7 Å². The van der Waals surface area contributed by atoms with Crippen molar-refractivity contribution in [3.05, 3.63) is 48.5 Å². The second-order valence-electron chi connectivity index (χ2n) is 3.71. The van der Waals surface area contributed by atoms with Crippen molar-refractivity contribution >= 4 is 23.5 Å². The smallest absolute Gasteiger partial charge is 0.142 e. The van der Waals surface area contributed by atoms with Crippen LogP contribution in [0.4, 0.5) is 11.4 Å². The molecule has 0 aliphatic rings. The highest BCUT2D eigenvalue weighted by Gasteiger charge is 2.03. The first-order valence-corrected chi connectivity index (χ1v) is 6.60. The lowest BCUT2D eigenvalue weighted by molar-refractivity contribution is 0.417. The molecule has 0 fully saturated rings. The third-order valence-electron chi connectivity index (χ3n) is 2.54. The number of nitrogens with one attached hydrogen (secondary N) is 2. The predicted octanol–water partition coefficient (Wildman–Crippen LogP) is 3.79. The fraction of sp³-hybridized carbons (Fsp3) is 0.143. The van der Waals surface area contributed by atoms with E-state index < -0.39 is 0 Å². The predicted molar refractivity (Wildman–Crippen MR) is 80.8 cm³/mol. The molecule has 0 saturated carbocycles. The molecule has 2 rings (SSSR count). The SMILES string of the molecule is COc1ccccc1NSNc1ccccc1OC. The summed E-state index contributed by atoms with van der Waals surface area (Å²) in [4.78, 5) is 0. The van der Waals surface area contributed by atoms with Gasteiger partial charge in [0.2, 0.25) is 0 Å². The molecule has 2 aromatic rings. The van der Waals surface area contributed by atoms with Crippen molar-refractivity contribution in [2.24, 2.45) is 0 Å². The van der Waals surface area contributed by atoms with Gasteiger partial charge in [-0.05, 0) is 24.3 Å². The summed E-state index contributed by atoms with van der Waals surface area (Å²) in [6.07, 6.45) is 0. The third kappa shape index (κ3) is 3.48. The summed E-state index contributed by atoms with van der Waals surface area (Å²) in [6.45, 7) is 0. The third-order valence-corrected chi connectivity index (χ3v) is 3.18. The number of benzene rings is 2. The summed E-state index contributed by atoms with van der Waals surface area (Å²) < 4.78 is 16.9. The summed E-state index contributed by atoms with van der Waals surface area (Å²) in [7, 11) is 3.30. The van der Waals surface area contributed by atoms with E-state index in [1.165, 1.54) is 12.1 Å². The minimum atomic E-state index is 0.803. The summed E-state index contributed by atoms with van der Waals surface area (Å²) in [5.74, 6) is 1.61. The molecule has 0 aliphatic heterocycles. The van der Waals surface area contributed by atoms with Gasteiger partial charge in [-0.15, -0.1) is 0 Å². The maximum atomic E-state index is 5.26. The number of methoxy groups -OCH3 is 2. The molecule has 0 unspecified atom stereocenters. The van der Waals surface area contributed by atoms with Crippen molar-refractivity contribution in [2.45, 2.75) is 0 Å². The molecule has 0 aromatic heterocycles. The van der Waals surface area contributed by atoms with Crippen molar-refractivity contribution in [1.29, 1.82) is 0 Å². The number of anilines is 2. The molecule has 0 amide bonds. The van der Waals surface area contributed by atoms with Gasteiger partial charge >= 0.3 is 0 Å². The Balaban J connectivity index is 1.96. The minimum Gasteiger partial charge on any atom is -0.495 e. The zero-order valence-electron chi connectivity index (χ0n) is 10.8. The standard InChI is InChI=1S/C14H16N2O2S/c1-17-13-9-5-3-7-11(13)15-19-16-12-8-4-6-10-14(12)18-2/h3-10,15-16H,1-2H3. The van der Waals surface area contributed by atoms with E-state index >= 15 is 0 Å². The monoisotopic (exact) mass is 276 g/mol. The maximum absolute atomic E-state index is 5.26. The Labute approximate surface area is 117 Å². The van der Waals surface area contributed by atoms with Crippen molar-refractivity contribution in [2.75, 3.05) is 23.7 Å². The quantitative estimate of drug-likeness (QED) is 0.786.